The topological polar surface area (TPSA) is 65.4 Å². The van der Waals surface area contributed by atoms with Crippen molar-refractivity contribution in [3.05, 3.63) is 236 Å². The van der Waals surface area contributed by atoms with E-state index in [-0.39, 0.29) is 33.4 Å². The molecule has 2 aliphatic rings. The molecular weight excluding hydrogens is 946 g/mol. The zero-order valence-corrected chi connectivity index (χ0v) is 41.6. The van der Waals surface area contributed by atoms with Crippen molar-refractivity contribution in [1.29, 1.82) is 0 Å². The van der Waals surface area contributed by atoms with Gasteiger partial charge >= 0.3 is 6.71 Å². The van der Waals surface area contributed by atoms with E-state index in [1.807, 2.05) is 89.6 Å². The number of nitrogens with zero attached hydrogens (tertiary/aromatic N) is 5. The first-order valence-corrected chi connectivity index (χ1v) is 25.4. The number of para-hydroxylation sites is 6. The Morgan fingerprint density at radius 1 is 0.584 bits per heavy atom. The summed E-state index contributed by atoms with van der Waals surface area (Å²) in [4.78, 5) is 7.25. The Morgan fingerprint density at radius 3 is 2.00 bits per heavy atom. The minimum atomic E-state index is -0.585. The van der Waals surface area contributed by atoms with Crippen molar-refractivity contribution in [3.8, 4) is 51.1 Å². The summed E-state index contributed by atoms with van der Waals surface area (Å²) in [5.41, 5.74) is 10.6. The molecule has 9 aromatic carbocycles. The van der Waals surface area contributed by atoms with Gasteiger partial charge in [0, 0.05) is 50.0 Å². The zero-order chi connectivity index (χ0) is 59.8. The minimum Gasteiger partial charge on any atom is -0.468 e. The molecule has 364 valence electrons. The van der Waals surface area contributed by atoms with Crippen LogP contribution in [0.15, 0.2) is 233 Å². The van der Waals surface area contributed by atoms with Crippen molar-refractivity contribution in [2.75, 3.05) is 4.90 Å². The van der Waals surface area contributed by atoms with Crippen LogP contribution in [-0.4, -0.2) is 20.8 Å². The smallest absolute Gasteiger partial charge is 0.306 e. The third-order valence-electron chi connectivity index (χ3n) is 15.2. The van der Waals surface area contributed by atoms with Gasteiger partial charge in [0.05, 0.1) is 52.8 Å². The van der Waals surface area contributed by atoms with Gasteiger partial charge in [-0.25, -0.2) is 4.98 Å². The predicted octanol–water partition coefficient (Wildman–Crippen LogP) is 14.7. The fraction of sp³-hybridized carbons (Fsp3) is 0.0588. The average molecular weight is 1000 g/mol. The van der Waals surface area contributed by atoms with Gasteiger partial charge in [-0.1, -0.05) is 178 Å². The molecule has 0 N–H and O–H groups in total. The van der Waals surface area contributed by atoms with Crippen molar-refractivity contribution in [1.82, 2.24) is 14.1 Å². The number of pyridine rings is 1. The van der Waals surface area contributed by atoms with E-state index in [2.05, 4.69) is 97.2 Å². The number of fused-ring (bicyclic) bond motifs is 12. The van der Waals surface area contributed by atoms with E-state index in [4.69, 9.17) is 26.8 Å². The molecule has 0 aliphatic carbocycles. The lowest BCUT2D eigenvalue weighted by Crippen LogP contribution is -2.58. The molecule has 0 atom stereocenters. The van der Waals surface area contributed by atoms with Gasteiger partial charge in [-0.2, -0.15) is 0 Å². The average Bonchev–Trinajstić information content (AvgIpc) is 1.68. The highest BCUT2D eigenvalue weighted by atomic mass is 16.6. The highest BCUT2D eigenvalue weighted by Gasteiger charge is 2.48. The first kappa shape index (κ1) is 34.6. The van der Waals surface area contributed by atoms with Crippen LogP contribution in [0.3, 0.4) is 0 Å². The zero-order valence-electron chi connectivity index (χ0n) is 51.6. The largest absolute Gasteiger partial charge is 0.468 e. The van der Waals surface area contributed by atoms with Crippen molar-refractivity contribution < 1.29 is 31.8 Å². The summed E-state index contributed by atoms with van der Waals surface area (Å²) in [5, 5.41) is 3.83. The van der Waals surface area contributed by atoms with Gasteiger partial charge in [0.15, 0.2) is 0 Å². The van der Waals surface area contributed by atoms with Gasteiger partial charge in [-0.05, 0) is 93.9 Å². The second-order valence-electron chi connectivity index (χ2n) is 20.5. The number of hydrogen-bond donors (Lipinski definition) is 0. The Labute approximate surface area is 458 Å². The van der Waals surface area contributed by atoms with Crippen LogP contribution in [0.5, 0.6) is 11.7 Å². The number of ether oxygens (including phenoxy) is 1. The molecule has 0 amide bonds. The SMILES string of the molecule is [2H]c1c([2H])c([2H])c(-c2cccc(-c3c([2H])c([2H])c([2H])c([2H])c3[2H])c2-[n+]2[c-]n(-c3cc4c5c(c3)N(c3ccc6c7ccccc7n(-c7cc(C(C)(C)C)ccn7)c6c3)c3c(oc6ccccc36)B5c3c(oc5ccccc35)O4)c3ccccc32)c([2H])c1[2H]. The van der Waals surface area contributed by atoms with E-state index >= 15 is 0 Å². The third-order valence-corrected chi connectivity index (χ3v) is 15.2. The molecule has 0 fully saturated rings. The van der Waals surface area contributed by atoms with Crippen LogP contribution < -0.4 is 30.8 Å². The van der Waals surface area contributed by atoms with Gasteiger partial charge < -0.3 is 18.5 Å². The first-order chi connectivity index (χ1) is 42.0. The Kier molecular flexibility index (Phi) is 7.33. The second kappa shape index (κ2) is 16.3. The number of hydrogen-bond acceptors (Lipinski definition) is 5. The molecule has 0 spiro atoms. The molecule has 2 aliphatic heterocycles. The molecule has 0 saturated carbocycles. The van der Waals surface area contributed by atoms with E-state index in [0.29, 0.717) is 45.2 Å². The van der Waals surface area contributed by atoms with Gasteiger partial charge in [-0.15, -0.1) is 0 Å². The van der Waals surface area contributed by atoms with Gasteiger partial charge in [-0.3, -0.25) is 13.7 Å². The van der Waals surface area contributed by atoms with Crippen molar-refractivity contribution in [2.45, 2.75) is 26.2 Å². The first-order valence-electron chi connectivity index (χ1n) is 30.4. The molecule has 0 unspecified atom stereocenters. The lowest BCUT2D eigenvalue weighted by atomic mass is 9.36. The summed E-state index contributed by atoms with van der Waals surface area (Å²) in [7, 11) is 0. The molecule has 0 radical (unpaired) electrons. The minimum absolute atomic E-state index is 0.128. The summed E-state index contributed by atoms with van der Waals surface area (Å²) >= 11 is 0. The van der Waals surface area contributed by atoms with Gasteiger partial charge in [0.1, 0.15) is 28.4 Å². The monoisotopic (exact) mass is 1000 g/mol. The standard InChI is InChI=1S/C68H46BN5O3/c1-68(2,3)44-35-36-70-61(37-44)74-53-28-13-10-23-49(53)50-34-33-45(38-56(50)74)73-57-39-46(40-60-63(57)69(66-65(73)52-25-12-17-32-59(52)75-66)62-51-24-11-16-31-58(51)76-67(62)77-60)71-41-72(55-30-15-14-29-54(55)71)64-47(42-19-6-4-7-20-42)26-18-27-48(64)43-21-8-5-9-22-43/h4-40H,1-3H3/i4D,5D,6D,7D,8D,9D,19D,20D,21D,22D. The normalized spacial score (nSPS) is 14.7. The Bertz CT molecular complexity index is 5230. The molecule has 14 aromatic rings. The number of rotatable bonds is 6. The molecule has 8 nitrogen and oxygen atoms in total. The van der Waals surface area contributed by atoms with Crippen LogP contribution in [-0.2, 0) is 5.41 Å². The number of anilines is 3. The number of furan rings is 2. The summed E-state index contributed by atoms with van der Waals surface area (Å²) in [6.07, 6.45) is 5.48. The fourth-order valence-corrected chi connectivity index (χ4v) is 11.8. The summed E-state index contributed by atoms with van der Waals surface area (Å²) < 4.78 is 116. The maximum absolute atomic E-state index is 9.28. The van der Waals surface area contributed by atoms with Gasteiger partial charge in [0.25, 0.3) is 12.3 Å². The molecule has 16 rings (SSSR count). The van der Waals surface area contributed by atoms with Crippen LogP contribution >= 0.6 is 0 Å². The van der Waals surface area contributed by atoms with Crippen LogP contribution in [0.25, 0.3) is 94.2 Å². The highest BCUT2D eigenvalue weighted by molar-refractivity contribution is 7.00. The molecule has 5 aromatic heterocycles. The van der Waals surface area contributed by atoms with E-state index < -0.39 is 67.1 Å². The number of imidazole rings is 1. The molecule has 9 heteroatoms. The predicted molar refractivity (Wildman–Crippen MR) is 311 cm³/mol. The van der Waals surface area contributed by atoms with Crippen molar-refractivity contribution in [3.63, 3.8) is 0 Å². The lowest BCUT2D eigenvalue weighted by molar-refractivity contribution is -0.571. The molecule has 7 heterocycles. The Morgan fingerprint density at radius 2 is 1.25 bits per heavy atom. The molecule has 0 saturated heterocycles. The van der Waals surface area contributed by atoms with E-state index in [1.54, 1.807) is 22.8 Å². The second-order valence-corrected chi connectivity index (χ2v) is 20.5. The van der Waals surface area contributed by atoms with E-state index in [1.165, 1.54) is 0 Å². The number of aromatic nitrogens is 4. The number of benzene rings is 9. The highest BCUT2D eigenvalue weighted by Crippen LogP contribution is 2.48. The van der Waals surface area contributed by atoms with Crippen LogP contribution in [0.1, 0.15) is 40.0 Å². The van der Waals surface area contributed by atoms with E-state index in [0.717, 1.165) is 71.9 Å². The molecular formula is C68H46BN5O3. The third kappa shape index (κ3) is 6.47. The molecule has 0 bridgehead atoms. The van der Waals surface area contributed by atoms with Crippen LogP contribution in [0, 0.1) is 6.33 Å². The Balaban J connectivity index is 1.00. The summed E-state index contributed by atoms with van der Waals surface area (Å²) in [6.45, 7) is 6.05. The summed E-state index contributed by atoms with van der Waals surface area (Å²) in [5.74, 6) is 1.54. The van der Waals surface area contributed by atoms with Crippen LogP contribution in [0.4, 0.5) is 17.1 Å². The van der Waals surface area contributed by atoms with Gasteiger partial charge in [0.2, 0.25) is 0 Å². The van der Waals surface area contributed by atoms with E-state index in [9.17, 15) is 5.48 Å². The fourth-order valence-electron chi connectivity index (χ4n) is 11.8. The Hall–Kier alpha value is -9.86. The lowest BCUT2D eigenvalue weighted by Gasteiger charge is -2.37. The maximum atomic E-state index is 9.28. The maximum Gasteiger partial charge on any atom is 0.306 e. The van der Waals surface area contributed by atoms with Crippen molar-refractivity contribution in [2.24, 2.45) is 0 Å². The molecule has 77 heavy (non-hydrogen) atoms. The van der Waals surface area contributed by atoms with Crippen LogP contribution in [0.2, 0.25) is 0 Å². The quantitative estimate of drug-likeness (QED) is 0.0943. The van der Waals surface area contributed by atoms with Crippen molar-refractivity contribution >= 4 is 95.1 Å². The summed E-state index contributed by atoms with van der Waals surface area (Å²) in [6, 6.07) is 45.8.